The fourth-order valence-electron chi connectivity index (χ4n) is 1.38. The first-order valence-corrected chi connectivity index (χ1v) is 6.43. The van der Waals surface area contributed by atoms with Crippen molar-refractivity contribution in [3.8, 4) is 5.75 Å². The molecule has 0 N–H and O–H groups in total. The van der Waals surface area contributed by atoms with E-state index < -0.39 is 5.97 Å². The number of carbonyl (C=O) groups excluding carboxylic acids is 1. The Morgan fingerprint density at radius 3 is 2.35 bits per heavy atom. The third kappa shape index (κ3) is 3.12. The highest BCUT2D eigenvalue weighted by atomic mass is 35.5. The molecule has 0 spiro atoms. The average molecular weight is 334 g/mol. The summed E-state index contributed by atoms with van der Waals surface area (Å²) < 4.78 is 6.09. The Morgan fingerprint density at radius 2 is 1.80 bits per heavy atom. The van der Waals surface area contributed by atoms with E-state index in [9.17, 15) is 9.59 Å². The largest absolute Gasteiger partial charge is 0.419 e. The quantitative estimate of drug-likeness (QED) is 0.626. The molecule has 2 aromatic rings. The molecule has 0 bridgehead atoms. The zero-order valence-electron chi connectivity index (χ0n) is 10.1. The maximum Gasteiger partial charge on any atom is 0.364 e. The number of nitrogens with zero attached hydrogens (tertiary/aromatic N) is 2. The SMILES string of the molecule is Cn1nc(C(=O)Oc2c(Cl)cc(Cl)cc2Cl)ccc1=O. The van der Waals surface area contributed by atoms with E-state index in [1.54, 1.807) is 0 Å². The van der Waals surface area contributed by atoms with Crippen LogP contribution >= 0.6 is 34.8 Å². The molecule has 1 aromatic carbocycles. The molecule has 5 nitrogen and oxygen atoms in total. The number of esters is 1. The van der Waals surface area contributed by atoms with Crippen molar-refractivity contribution in [2.45, 2.75) is 0 Å². The molecule has 0 atom stereocenters. The molecule has 0 aliphatic rings. The van der Waals surface area contributed by atoms with E-state index in [0.717, 1.165) is 4.68 Å². The highest BCUT2D eigenvalue weighted by Crippen LogP contribution is 2.36. The van der Waals surface area contributed by atoms with Crippen LogP contribution in [-0.4, -0.2) is 15.7 Å². The first-order valence-electron chi connectivity index (χ1n) is 5.29. The fraction of sp³-hybridized carbons (Fsp3) is 0.0833. The van der Waals surface area contributed by atoms with E-state index in [4.69, 9.17) is 39.5 Å². The number of halogens is 3. The van der Waals surface area contributed by atoms with Crippen LogP contribution in [0.1, 0.15) is 10.5 Å². The Labute approximate surface area is 128 Å². The minimum Gasteiger partial charge on any atom is -0.419 e. The standard InChI is InChI=1S/C12H7Cl3N2O3/c1-17-10(18)3-2-9(16-17)12(19)20-11-7(14)4-6(13)5-8(11)15/h2-5H,1H3. The number of benzene rings is 1. The van der Waals surface area contributed by atoms with Crippen molar-refractivity contribution >= 4 is 40.8 Å². The molecule has 0 unspecified atom stereocenters. The summed E-state index contributed by atoms with van der Waals surface area (Å²) in [6, 6.07) is 5.24. The van der Waals surface area contributed by atoms with Gasteiger partial charge in [0.05, 0.1) is 10.0 Å². The van der Waals surface area contributed by atoms with Gasteiger partial charge in [0.25, 0.3) is 5.56 Å². The Kier molecular flexibility index (Phi) is 4.32. The highest BCUT2D eigenvalue weighted by molar-refractivity contribution is 6.40. The van der Waals surface area contributed by atoms with Gasteiger partial charge in [0.2, 0.25) is 0 Å². The first kappa shape index (κ1) is 14.8. The second kappa shape index (κ2) is 5.83. The van der Waals surface area contributed by atoms with Crippen LogP contribution in [0.2, 0.25) is 15.1 Å². The molecule has 1 aromatic heterocycles. The number of aryl methyl sites for hydroxylation is 1. The Morgan fingerprint density at radius 1 is 1.20 bits per heavy atom. The molecule has 0 amide bonds. The van der Waals surface area contributed by atoms with Crippen LogP contribution in [0, 0.1) is 0 Å². The highest BCUT2D eigenvalue weighted by Gasteiger charge is 2.17. The van der Waals surface area contributed by atoms with Crippen LogP contribution in [0.5, 0.6) is 5.75 Å². The van der Waals surface area contributed by atoms with E-state index in [-0.39, 0.29) is 27.0 Å². The molecule has 1 heterocycles. The van der Waals surface area contributed by atoms with Crippen molar-refractivity contribution in [1.29, 1.82) is 0 Å². The minimum absolute atomic E-state index is 0.0154. The summed E-state index contributed by atoms with van der Waals surface area (Å²) >= 11 is 17.6. The van der Waals surface area contributed by atoms with Crippen LogP contribution in [0.25, 0.3) is 0 Å². The maximum absolute atomic E-state index is 11.9. The molecule has 0 aliphatic carbocycles. The normalized spacial score (nSPS) is 10.4. The predicted octanol–water partition coefficient (Wildman–Crippen LogP) is 2.96. The Hall–Kier alpha value is -1.56. The molecule has 104 valence electrons. The van der Waals surface area contributed by atoms with Crippen LogP contribution in [-0.2, 0) is 7.05 Å². The van der Waals surface area contributed by atoms with Crippen LogP contribution in [0.15, 0.2) is 29.1 Å². The molecule has 20 heavy (non-hydrogen) atoms. The Balaban J connectivity index is 2.32. The van der Waals surface area contributed by atoms with Gasteiger partial charge in [-0.25, -0.2) is 9.48 Å². The summed E-state index contributed by atoms with van der Waals surface area (Å²) in [5.41, 5.74) is -0.390. The molecule has 8 heteroatoms. The van der Waals surface area contributed by atoms with E-state index in [1.807, 2.05) is 0 Å². The van der Waals surface area contributed by atoms with Crippen molar-refractivity contribution in [3.05, 3.63) is 55.4 Å². The fourth-order valence-corrected chi connectivity index (χ4v) is 2.28. The smallest absolute Gasteiger partial charge is 0.364 e. The van der Waals surface area contributed by atoms with E-state index in [2.05, 4.69) is 5.10 Å². The lowest BCUT2D eigenvalue weighted by atomic mass is 10.3. The lowest BCUT2D eigenvalue weighted by Crippen LogP contribution is -2.22. The van der Waals surface area contributed by atoms with Crippen LogP contribution in [0.3, 0.4) is 0 Å². The number of hydrogen-bond donors (Lipinski definition) is 0. The lowest BCUT2D eigenvalue weighted by Gasteiger charge is -2.08. The first-order chi connectivity index (χ1) is 9.38. The van der Waals surface area contributed by atoms with Gasteiger partial charge in [0.15, 0.2) is 11.4 Å². The lowest BCUT2D eigenvalue weighted by molar-refractivity contribution is 0.0726. The van der Waals surface area contributed by atoms with Gasteiger partial charge < -0.3 is 4.74 Å². The Bertz CT molecular complexity index is 720. The van der Waals surface area contributed by atoms with Gasteiger partial charge in [-0.2, -0.15) is 5.10 Å². The number of aromatic nitrogens is 2. The third-order valence-electron chi connectivity index (χ3n) is 2.33. The molecule has 0 saturated heterocycles. The van der Waals surface area contributed by atoms with Gasteiger partial charge in [-0.15, -0.1) is 0 Å². The molecule has 0 saturated carbocycles. The summed E-state index contributed by atoms with van der Waals surface area (Å²) in [5, 5.41) is 4.28. The third-order valence-corrected chi connectivity index (χ3v) is 3.11. The summed E-state index contributed by atoms with van der Waals surface area (Å²) in [6.45, 7) is 0. The van der Waals surface area contributed by atoms with Gasteiger partial charge in [-0.3, -0.25) is 4.79 Å². The molecular weight excluding hydrogens is 327 g/mol. The van der Waals surface area contributed by atoms with Gasteiger partial charge in [-0.1, -0.05) is 34.8 Å². The summed E-state index contributed by atoms with van der Waals surface area (Å²) in [5.74, 6) is -0.801. The summed E-state index contributed by atoms with van der Waals surface area (Å²) in [6.07, 6.45) is 0. The van der Waals surface area contributed by atoms with Crippen molar-refractivity contribution in [1.82, 2.24) is 9.78 Å². The molecule has 0 aliphatic heterocycles. The van der Waals surface area contributed by atoms with E-state index in [0.29, 0.717) is 5.02 Å². The predicted molar refractivity (Wildman–Crippen MR) is 75.9 cm³/mol. The number of carbonyl (C=O) groups is 1. The molecule has 0 fully saturated rings. The zero-order chi connectivity index (χ0) is 14.9. The van der Waals surface area contributed by atoms with E-state index in [1.165, 1.54) is 31.3 Å². The van der Waals surface area contributed by atoms with Crippen molar-refractivity contribution in [3.63, 3.8) is 0 Å². The number of ether oxygens (including phenoxy) is 1. The monoisotopic (exact) mass is 332 g/mol. The molecule has 2 rings (SSSR count). The van der Waals surface area contributed by atoms with Gasteiger partial charge >= 0.3 is 5.97 Å². The van der Waals surface area contributed by atoms with Gasteiger partial charge in [0.1, 0.15) is 0 Å². The van der Waals surface area contributed by atoms with Crippen molar-refractivity contribution < 1.29 is 9.53 Å². The topological polar surface area (TPSA) is 61.2 Å². The second-order valence-corrected chi connectivity index (χ2v) is 5.02. The van der Waals surface area contributed by atoms with Crippen molar-refractivity contribution in [2.75, 3.05) is 0 Å². The maximum atomic E-state index is 11.9. The minimum atomic E-state index is -0.785. The van der Waals surface area contributed by atoms with Crippen LogP contribution < -0.4 is 10.3 Å². The molecule has 0 radical (unpaired) electrons. The van der Waals surface area contributed by atoms with Gasteiger partial charge in [0, 0.05) is 18.1 Å². The molecular formula is C12H7Cl3N2O3. The van der Waals surface area contributed by atoms with Gasteiger partial charge in [-0.05, 0) is 18.2 Å². The summed E-state index contributed by atoms with van der Waals surface area (Å²) in [4.78, 5) is 23.1. The van der Waals surface area contributed by atoms with E-state index >= 15 is 0 Å². The second-order valence-electron chi connectivity index (χ2n) is 3.77. The number of rotatable bonds is 2. The average Bonchev–Trinajstić information content (AvgIpc) is 2.36. The number of hydrogen-bond acceptors (Lipinski definition) is 4. The summed E-state index contributed by atoms with van der Waals surface area (Å²) in [7, 11) is 1.42. The van der Waals surface area contributed by atoms with Crippen LogP contribution in [0.4, 0.5) is 0 Å². The zero-order valence-corrected chi connectivity index (χ0v) is 12.3. The van der Waals surface area contributed by atoms with Crippen molar-refractivity contribution in [2.24, 2.45) is 7.05 Å².